The van der Waals surface area contributed by atoms with Gasteiger partial charge in [-0.05, 0) is 25.2 Å². The molecule has 0 radical (unpaired) electrons. The lowest BCUT2D eigenvalue weighted by atomic mass is 9.83. The third-order valence-electron chi connectivity index (χ3n) is 4.94. The second-order valence-corrected chi connectivity index (χ2v) is 6.57. The molecule has 2 rings (SSSR count). The number of aliphatic carboxylic acids is 1. The van der Waals surface area contributed by atoms with E-state index in [0.717, 1.165) is 6.42 Å². The van der Waals surface area contributed by atoms with E-state index < -0.39 is 11.4 Å². The largest absolute Gasteiger partial charge is 0.481 e. The summed E-state index contributed by atoms with van der Waals surface area (Å²) in [5.74, 6) is -0.715. The first kappa shape index (κ1) is 16.1. The Balaban J connectivity index is 2.00. The Morgan fingerprint density at radius 1 is 1.29 bits per heavy atom. The second kappa shape index (κ2) is 6.22. The predicted octanol–water partition coefficient (Wildman–Crippen LogP) is 1.39. The fraction of sp³-hybridized carbons (Fsp3) is 0.867. The molecule has 0 bridgehead atoms. The number of rotatable bonds is 3. The highest BCUT2D eigenvalue weighted by atomic mass is 16.4. The van der Waals surface area contributed by atoms with Crippen molar-refractivity contribution in [3.05, 3.63) is 0 Å². The van der Waals surface area contributed by atoms with Crippen LogP contribution in [0.25, 0.3) is 0 Å². The van der Waals surface area contributed by atoms with Crippen molar-refractivity contribution >= 4 is 12.0 Å². The average molecular weight is 298 g/mol. The van der Waals surface area contributed by atoms with E-state index >= 15 is 0 Å². The first-order valence-corrected chi connectivity index (χ1v) is 7.85. The van der Waals surface area contributed by atoms with Crippen molar-refractivity contribution in [2.24, 2.45) is 11.3 Å². The van der Waals surface area contributed by atoms with Crippen molar-refractivity contribution < 1.29 is 19.8 Å². The monoisotopic (exact) mass is 298 g/mol. The van der Waals surface area contributed by atoms with Crippen LogP contribution >= 0.6 is 0 Å². The number of aliphatic hydroxyl groups excluding tert-OH is 1. The van der Waals surface area contributed by atoms with Gasteiger partial charge in [0.25, 0.3) is 0 Å². The van der Waals surface area contributed by atoms with E-state index in [1.54, 1.807) is 9.80 Å². The molecule has 0 aromatic carbocycles. The topological polar surface area (TPSA) is 81.1 Å². The van der Waals surface area contributed by atoms with Crippen molar-refractivity contribution in [2.45, 2.75) is 45.6 Å². The van der Waals surface area contributed by atoms with Crippen LogP contribution in [-0.2, 0) is 4.79 Å². The van der Waals surface area contributed by atoms with Gasteiger partial charge in [-0.15, -0.1) is 0 Å². The van der Waals surface area contributed by atoms with E-state index in [4.69, 9.17) is 0 Å². The quantitative estimate of drug-likeness (QED) is 0.825. The standard InChI is InChI=1S/C15H26N2O4/c1-3-5-15(13(19)20)6-8-17(10-15)14(21)16-7-4-12(18)11(2)9-16/h11-12,18H,3-10H2,1-2H3,(H,19,20). The number of piperidine rings is 1. The first-order chi connectivity index (χ1) is 9.89. The molecule has 2 amide bonds. The van der Waals surface area contributed by atoms with Gasteiger partial charge in [0.1, 0.15) is 0 Å². The summed E-state index contributed by atoms with van der Waals surface area (Å²) in [4.78, 5) is 27.5. The molecule has 6 heteroatoms. The lowest BCUT2D eigenvalue weighted by Crippen LogP contribution is -2.50. The minimum absolute atomic E-state index is 0.0742. The van der Waals surface area contributed by atoms with Gasteiger partial charge in [-0.3, -0.25) is 4.79 Å². The Morgan fingerprint density at radius 3 is 2.57 bits per heavy atom. The van der Waals surface area contributed by atoms with Gasteiger partial charge in [0.05, 0.1) is 11.5 Å². The van der Waals surface area contributed by atoms with Crippen LogP contribution in [0.4, 0.5) is 4.79 Å². The van der Waals surface area contributed by atoms with Gasteiger partial charge in [0.15, 0.2) is 0 Å². The third-order valence-corrected chi connectivity index (χ3v) is 4.94. The van der Waals surface area contributed by atoms with E-state index in [0.29, 0.717) is 45.4 Å². The molecule has 0 spiro atoms. The molecule has 2 fully saturated rings. The van der Waals surface area contributed by atoms with Crippen molar-refractivity contribution in [2.75, 3.05) is 26.2 Å². The van der Waals surface area contributed by atoms with Crippen molar-refractivity contribution in [1.29, 1.82) is 0 Å². The summed E-state index contributed by atoms with van der Waals surface area (Å²) in [7, 11) is 0. The summed E-state index contributed by atoms with van der Waals surface area (Å²) in [6, 6.07) is -0.0759. The SMILES string of the molecule is CCCC1(C(=O)O)CCN(C(=O)N2CCC(O)C(C)C2)C1. The maximum atomic E-state index is 12.5. The molecule has 2 saturated heterocycles. The van der Waals surface area contributed by atoms with Crippen molar-refractivity contribution in [3.8, 4) is 0 Å². The lowest BCUT2D eigenvalue weighted by molar-refractivity contribution is -0.148. The van der Waals surface area contributed by atoms with E-state index in [-0.39, 0.29) is 18.1 Å². The second-order valence-electron chi connectivity index (χ2n) is 6.57. The Bertz CT molecular complexity index is 414. The van der Waals surface area contributed by atoms with Gasteiger partial charge in [-0.1, -0.05) is 20.3 Å². The zero-order valence-corrected chi connectivity index (χ0v) is 12.9. The Labute approximate surface area is 125 Å². The molecule has 0 saturated carbocycles. The van der Waals surface area contributed by atoms with Crippen LogP contribution in [0.5, 0.6) is 0 Å². The van der Waals surface area contributed by atoms with Crippen LogP contribution in [0.2, 0.25) is 0 Å². The predicted molar refractivity (Wildman–Crippen MR) is 77.9 cm³/mol. The molecule has 120 valence electrons. The lowest BCUT2D eigenvalue weighted by Gasteiger charge is -2.37. The Kier molecular flexibility index (Phi) is 4.76. The number of aliphatic hydroxyl groups is 1. The zero-order valence-electron chi connectivity index (χ0n) is 12.9. The Hall–Kier alpha value is -1.30. The molecule has 0 aromatic heterocycles. The number of hydrogen-bond acceptors (Lipinski definition) is 3. The molecule has 0 aliphatic carbocycles. The van der Waals surface area contributed by atoms with E-state index in [1.165, 1.54) is 0 Å². The highest BCUT2D eigenvalue weighted by Crippen LogP contribution is 2.36. The molecule has 3 atom stereocenters. The molecule has 0 aromatic rings. The van der Waals surface area contributed by atoms with Crippen LogP contribution in [-0.4, -0.2) is 64.3 Å². The Morgan fingerprint density at radius 2 is 2.00 bits per heavy atom. The number of carboxylic acids is 1. The highest BCUT2D eigenvalue weighted by molar-refractivity contribution is 5.80. The van der Waals surface area contributed by atoms with Gasteiger partial charge in [-0.25, -0.2) is 4.79 Å². The van der Waals surface area contributed by atoms with Crippen LogP contribution in [0.1, 0.15) is 39.5 Å². The molecule has 21 heavy (non-hydrogen) atoms. The van der Waals surface area contributed by atoms with Gasteiger partial charge >= 0.3 is 12.0 Å². The number of likely N-dealkylation sites (tertiary alicyclic amines) is 2. The fourth-order valence-electron chi connectivity index (χ4n) is 3.51. The molecule has 6 nitrogen and oxygen atoms in total. The molecule has 2 N–H and O–H groups in total. The molecule has 3 unspecified atom stereocenters. The summed E-state index contributed by atoms with van der Waals surface area (Å²) in [6.07, 6.45) is 2.21. The highest BCUT2D eigenvalue weighted by Gasteiger charge is 2.46. The number of carbonyl (C=O) groups excluding carboxylic acids is 1. The number of carboxylic acid groups (broad SMARTS) is 1. The van der Waals surface area contributed by atoms with Gasteiger partial charge in [0, 0.05) is 26.2 Å². The maximum Gasteiger partial charge on any atom is 0.320 e. The van der Waals surface area contributed by atoms with Crippen LogP contribution in [0, 0.1) is 11.3 Å². The van der Waals surface area contributed by atoms with Gasteiger partial charge < -0.3 is 20.0 Å². The smallest absolute Gasteiger partial charge is 0.320 e. The minimum Gasteiger partial charge on any atom is -0.481 e. The van der Waals surface area contributed by atoms with Crippen molar-refractivity contribution in [3.63, 3.8) is 0 Å². The number of carbonyl (C=O) groups is 2. The van der Waals surface area contributed by atoms with Gasteiger partial charge in [0.2, 0.25) is 0 Å². The number of nitrogens with zero attached hydrogens (tertiary/aromatic N) is 2. The molecule has 2 aliphatic rings. The fourth-order valence-corrected chi connectivity index (χ4v) is 3.51. The van der Waals surface area contributed by atoms with E-state index in [9.17, 15) is 19.8 Å². The number of amides is 2. The average Bonchev–Trinajstić information content (AvgIpc) is 2.87. The first-order valence-electron chi connectivity index (χ1n) is 7.85. The molecular weight excluding hydrogens is 272 g/mol. The summed E-state index contributed by atoms with van der Waals surface area (Å²) in [5.41, 5.74) is -0.772. The molecular formula is C15H26N2O4. The summed E-state index contributed by atoms with van der Waals surface area (Å²) in [6.45, 7) is 5.83. The summed E-state index contributed by atoms with van der Waals surface area (Å²) < 4.78 is 0. The minimum atomic E-state index is -0.790. The summed E-state index contributed by atoms with van der Waals surface area (Å²) >= 11 is 0. The maximum absolute atomic E-state index is 12.5. The van der Waals surface area contributed by atoms with Crippen LogP contribution in [0.15, 0.2) is 0 Å². The van der Waals surface area contributed by atoms with E-state index in [1.807, 2.05) is 13.8 Å². The molecule has 2 aliphatic heterocycles. The molecule has 2 heterocycles. The normalized spacial score (nSPS) is 33.3. The van der Waals surface area contributed by atoms with Gasteiger partial charge in [-0.2, -0.15) is 0 Å². The van der Waals surface area contributed by atoms with Crippen LogP contribution in [0.3, 0.4) is 0 Å². The van der Waals surface area contributed by atoms with Crippen molar-refractivity contribution in [1.82, 2.24) is 9.80 Å². The summed E-state index contributed by atoms with van der Waals surface area (Å²) in [5, 5.41) is 19.2. The number of hydrogen-bond donors (Lipinski definition) is 2. The third kappa shape index (κ3) is 3.15. The number of urea groups is 1. The zero-order chi connectivity index (χ0) is 15.6. The van der Waals surface area contributed by atoms with Crippen LogP contribution < -0.4 is 0 Å². The van der Waals surface area contributed by atoms with E-state index in [2.05, 4.69) is 0 Å².